The Hall–Kier alpha value is -2.43. The van der Waals surface area contributed by atoms with Crippen LogP contribution in [0.5, 0.6) is 0 Å². The fourth-order valence-corrected chi connectivity index (χ4v) is 1.37. The molecule has 2 heterocycles. The Bertz CT molecular complexity index is 554. The molecule has 17 heavy (non-hydrogen) atoms. The van der Waals surface area contributed by atoms with Crippen LogP contribution in [0.4, 0.5) is 11.6 Å². The minimum absolute atomic E-state index is 0.299. The van der Waals surface area contributed by atoms with E-state index in [0.29, 0.717) is 17.3 Å². The number of nitrogen functional groups attached to an aromatic ring is 1. The Balaban J connectivity index is 2.17. The van der Waals surface area contributed by atoms with Crippen LogP contribution < -0.4 is 11.1 Å². The topological polar surface area (TPSA) is 80.9 Å². The fraction of sp³-hybridized carbons (Fsp3) is 0.0833. The molecule has 0 aliphatic carbocycles. The Labute approximate surface area is 98.7 Å². The van der Waals surface area contributed by atoms with E-state index in [1.165, 1.54) is 0 Å². The highest BCUT2D eigenvalue weighted by Crippen LogP contribution is 2.07. The fourth-order valence-electron chi connectivity index (χ4n) is 1.37. The van der Waals surface area contributed by atoms with Gasteiger partial charge in [-0.2, -0.15) is 0 Å². The molecule has 5 nitrogen and oxygen atoms in total. The number of hydrogen-bond donors (Lipinski definition) is 2. The second kappa shape index (κ2) is 4.61. The molecule has 0 atom stereocenters. The number of carbonyl (C=O) groups is 1. The predicted octanol–water partition coefficient (Wildman–Crippen LogP) is 1.62. The van der Waals surface area contributed by atoms with Gasteiger partial charge in [-0.3, -0.25) is 4.79 Å². The average molecular weight is 228 g/mol. The van der Waals surface area contributed by atoms with Crippen LogP contribution in [0.3, 0.4) is 0 Å². The summed E-state index contributed by atoms with van der Waals surface area (Å²) < 4.78 is 0. The second-order valence-corrected chi connectivity index (χ2v) is 3.57. The smallest absolute Gasteiger partial charge is 0.275 e. The van der Waals surface area contributed by atoms with Crippen LogP contribution in [0.2, 0.25) is 0 Å². The van der Waals surface area contributed by atoms with Gasteiger partial charge in [0.25, 0.3) is 5.91 Å². The zero-order valence-electron chi connectivity index (χ0n) is 9.34. The van der Waals surface area contributed by atoms with E-state index in [4.69, 9.17) is 5.73 Å². The van der Waals surface area contributed by atoms with Gasteiger partial charge in [0.2, 0.25) is 0 Å². The van der Waals surface area contributed by atoms with Gasteiger partial charge in [0.1, 0.15) is 17.3 Å². The van der Waals surface area contributed by atoms with Crippen molar-refractivity contribution in [1.29, 1.82) is 0 Å². The molecule has 0 fully saturated rings. The SMILES string of the molecule is Cc1cccc(C(=O)Nc2cccc(N)n2)n1. The van der Waals surface area contributed by atoms with Crippen molar-refractivity contribution in [1.82, 2.24) is 9.97 Å². The van der Waals surface area contributed by atoms with Crippen molar-refractivity contribution in [2.45, 2.75) is 6.92 Å². The molecule has 0 saturated carbocycles. The van der Waals surface area contributed by atoms with Gasteiger partial charge in [-0.1, -0.05) is 12.1 Å². The minimum Gasteiger partial charge on any atom is -0.384 e. The third kappa shape index (κ3) is 2.78. The lowest BCUT2D eigenvalue weighted by molar-refractivity contribution is 0.102. The monoisotopic (exact) mass is 228 g/mol. The number of pyridine rings is 2. The number of nitrogens with one attached hydrogen (secondary N) is 1. The normalized spacial score (nSPS) is 9.94. The van der Waals surface area contributed by atoms with Gasteiger partial charge in [-0.25, -0.2) is 9.97 Å². The molecule has 0 radical (unpaired) electrons. The summed E-state index contributed by atoms with van der Waals surface area (Å²) in [5.41, 5.74) is 6.66. The Kier molecular flexibility index (Phi) is 3.00. The van der Waals surface area contributed by atoms with Gasteiger partial charge in [0.05, 0.1) is 0 Å². The van der Waals surface area contributed by atoms with Crippen LogP contribution in [0, 0.1) is 6.92 Å². The van der Waals surface area contributed by atoms with E-state index in [2.05, 4.69) is 15.3 Å². The van der Waals surface area contributed by atoms with E-state index in [0.717, 1.165) is 5.69 Å². The van der Waals surface area contributed by atoms with Crippen molar-refractivity contribution in [3.05, 3.63) is 47.8 Å². The lowest BCUT2D eigenvalue weighted by atomic mass is 10.3. The standard InChI is InChI=1S/C12H12N4O/c1-8-4-2-5-9(14-8)12(17)16-11-7-3-6-10(13)15-11/h2-7H,1H3,(H3,13,15,16,17). The zero-order valence-corrected chi connectivity index (χ0v) is 9.34. The lowest BCUT2D eigenvalue weighted by Gasteiger charge is -2.04. The summed E-state index contributed by atoms with van der Waals surface area (Å²) in [6.07, 6.45) is 0. The van der Waals surface area contributed by atoms with E-state index in [-0.39, 0.29) is 5.91 Å². The number of nitrogens with two attached hydrogens (primary N) is 1. The largest absolute Gasteiger partial charge is 0.384 e. The number of amides is 1. The maximum Gasteiger partial charge on any atom is 0.275 e. The summed E-state index contributed by atoms with van der Waals surface area (Å²) in [4.78, 5) is 19.9. The number of carbonyl (C=O) groups excluding carboxylic acids is 1. The molecule has 0 aromatic carbocycles. The number of nitrogens with zero attached hydrogens (tertiary/aromatic N) is 2. The van der Waals surface area contributed by atoms with Gasteiger partial charge < -0.3 is 11.1 Å². The first-order valence-corrected chi connectivity index (χ1v) is 5.13. The van der Waals surface area contributed by atoms with Crippen molar-refractivity contribution in [3.8, 4) is 0 Å². The number of rotatable bonds is 2. The molecule has 0 spiro atoms. The summed E-state index contributed by atoms with van der Waals surface area (Å²) in [7, 11) is 0. The molecule has 2 aromatic heterocycles. The first kappa shape index (κ1) is 11.1. The summed E-state index contributed by atoms with van der Waals surface area (Å²) in [6.45, 7) is 1.83. The molecule has 86 valence electrons. The van der Waals surface area contributed by atoms with E-state index < -0.39 is 0 Å². The van der Waals surface area contributed by atoms with E-state index in [1.54, 1.807) is 30.3 Å². The molecule has 1 amide bonds. The van der Waals surface area contributed by atoms with Crippen LogP contribution in [0.1, 0.15) is 16.2 Å². The van der Waals surface area contributed by atoms with Crippen LogP contribution >= 0.6 is 0 Å². The quantitative estimate of drug-likeness (QED) is 0.818. The Morgan fingerprint density at radius 3 is 2.65 bits per heavy atom. The van der Waals surface area contributed by atoms with Gasteiger partial charge in [0.15, 0.2) is 0 Å². The number of anilines is 2. The molecule has 0 aliphatic heterocycles. The minimum atomic E-state index is -0.299. The van der Waals surface area contributed by atoms with Crippen LogP contribution in [-0.2, 0) is 0 Å². The molecule has 5 heteroatoms. The van der Waals surface area contributed by atoms with Crippen molar-refractivity contribution < 1.29 is 4.79 Å². The number of aromatic nitrogens is 2. The highest BCUT2D eigenvalue weighted by atomic mass is 16.1. The summed E-state index contributed by atoms with van der Waals surface area (Å²) >= 11 is 0. The predicted molar refractivity (Wildman–Crippen MR) is 65.6 cm³/mol. The van der Waals surface area contributed by atoms with E-state index >= 15 is 0 Å². The van der Waals surface area contributed by atoms with Gasteiger partial charge in [-0.15, -0.1) is 0 Å². The molecule has 0 unspecified atom stereocenters. The van der Waals surface area contributed by atoms with Crippen molar-refractivity contribution in [2.24, 2.45) is 0 Å². The summed E-state index contributed by atoms with van der Waals surface area (Å²) in [5.74, 6) is 0.477. The Morgan fingerprint density at radius 2 is 1.94 bits per heavy atom. The van der Waals surface area contributed by atoms with E-state index in [9.17, 15) is 4.79 Å². The van der Waals surface area contributed by atoms with E-state index in [1.807, 2.05) is 13.0 Å². The molecule has 0 saturated heterocycles. The Morgan fingerprint density at radius 1 is 1.18 bits per heavy atom. The van der Waals surface area contributed by atoms with Crippen LogP contribution in [0.15, 0.2) is 36.4 Å². The first-order valence-electron chi connectivity index (χ1n) is 5.13. The lowest BCUT2D eigenvalue weighted by Crippen LogP contribution is -2.15. The van der Waals surface area contributed by atoms with Gasteiger partial charge in [-0.05, 0) is 31.2 Å². The average Bonchev–Trinajstić information content (AvgIpc) is 2.29. The second-order valence-electron chi connectivity index (χ2n) is 3.57. The van der Waals surface area contributed by atoms with Crippen LogP contribution in [-0.4, -0.2) is 15.9 Å². The van der Waals surface area contributed by atoms with Crippen molar-refractivity contribution in [3.63, 3.8) is 0 Å². The molecule has 0 aliphatic rings. The third-order valence-electron chi connectivity index (χ3n) is 2.13. The van der Waals surface area contributed by atoms with Crippen molar-refractivity contribution >= 4 is 17.5 Å². The maximum atomic E-state index is 11.8. The van der Waals surface area contributed by atoms with Crippen LogP contribution in [0.25, 0.3) is 0 Å². The highest BCUT2D eigenvalue weighted by molar-refractivity contribution is 6.02. The zero-order chi connectivity index (χ0) is 12.3. The molecule has 0 bridgehead atoms. The number of hydrogen-bond acceptors (Lipinski definition) is 4. The first-order chi connectivity index (χ1) is 8.15. The molecule has 2 aromatic rings. The maximum absolute atomic E-state index is 11.8. The molecule has 3 N–H and O–H groups in total. The third-order valence-corrected chi connectivity index (χ3v) is 2.13. The summed E-state index contributed by atoms with van der Waals surface area (Å²) in [5, 5.41) is 2.63. The highest BCUT2D eigenvalue weighted by Gasteiger charge is 2.08. The molecule has 2 rings (SSSR count). The van der Waals surface area contributed by atoms with Gasteiger partial charge >= 0.3 is 0 Å². The van der Waals surface area contributed by atoms with Crippen molar-refractivity contribution in [2.75, 3.05) is 11.1 Å². The van der Waals surface area contributed by atoms with Gasteiger partial charge in [0, 0.05) is 5.69 Å². The molecular weight excluding hydrogens is 216 g/mol. The number of aryl methyl sites for hydroxylation is 1. The molecular formula is C12H12N4O. The summed E-state index contributed by atoms with van der Waals surface area (Å²) in [6, 6.07) is 10.3.